The van der Waals surface area contributed by atoms with Crippen LogP contribution < -0.4 is 9.80 Å². The lowest BCUT2D eigenvalue weighted by molar-refractivity contribution is 0.112. The highest BCUT2D eigenvalue weighted by molar-refractivity contribution is 5.80. The number of nitrogens with zero attached hydrogens (tertiary/aromatic N) is 2. The van der Waals surface area contributed by atoms with Gasteiger partial charge in [-0.15, -0.1) is 0 Å². The first-order chi connectivity index (χ1) is 21.4. The lowest BCUT2D eigenvalue weighted by Crippen LogP contribution is -2.09. The van der Waals surface area contributed by atoms with Crippen LogP contribution in [0.3, 0.4) is 0 Å². The minimum Gasteiger partial charge on any atom is -0.311 e. The fraction of sp³-hybridized carbons (Fsp3) is 0.0976. The average Bonchev–Trinajstić information content (AvgIpc) is 3.06. The Morgan fingerprint density at radius 2 is 0.591 bits per heavy atom. The molecule has 44 heavy (non-hydrogen) atoms. The molecule has 0 saturated heterocycles. The molecule has 0 saturated carbocycles. The number of aryl methyl sites for hydroxylation is 4. The normalized spacial score (nSPS) is 10.4. The van der Waals surface area contributed by atoms with Gasteiger partial charge in [0.2, 0.25) is 0 Å². The Kier molecular flexibility index (Phi) is 9.68. The first kappa shape index (κ1) is 30.1. The van der Waals surface area contributed by atoms with Crippen LogP contribution in [-0.2, 0) is 0 Å². The maximum absolute atomic E-state index is 10.9. The highest BCUT2D eigenvalue weighted by atomic mass is 16.1. The summed E-state index contributed by atoms with van der Waals surface area (Å²) in [7, 11) is 0. The van der Waals surface area contributed by atoms with Gasteiger partial charge in [-0.1, -0.05) is 89.0 Å². The SMILES string of the molecule is Cc1ccc(N(c2ccc(C)cc2)c2ccc(C=O)cc2)cc1.Cc1ccc(N(c2ccccc2)c2ccc(C)cc2)cc1. The molecule has 0 atom stereocenters. The second kappa shape index (κ2) is 14.2. The summed E-state index contributed by atoms with van der Waals surface area (Å²) in [5.41, 5.74) is 12.4. The number of hydrogen-bond donors (Lipinski definition) is 0. The molecular weight excluding hydrogens is 536 g/mol. The van der Waals surface area contributed by atoms with Gasteiger partial charge in [0.05, 0.1) is 0 Å². The molecule has 0 radical (unpaired) electrons. The minimum absolute atomic E-state index is 0.682. The lowest BCUT2D eigenvalue weighted by Gasteiger charge is -2.25. The number of benzene rings is 6. The maximum atomic E-state index is 10.9. The molecule has 0 fully saturated rings. The third kappa shape index (κ3) is 7.50. The summed E-state index contributed by atoms with van der Waals surface area (Å²) >= 11 is 0. The van der Waals surface area contributed by atoms with Gasteiger partial charge in [0, 0.05) is 39.7 Å². The van der Waals surface area contributed by atoms with Crippen LogP contribution in [0.15, 0.2) is 152 Å². The first-order valence-electron chi connectivity index (χ1n) is 14.9. The molecule has 0 amide bonds. The quantitative estimate of drug-likeness (QED) is 0.177. The molecule has 0 N–H and O–H groups in total. The van der Waals surface area contributed by atoms with Gasteiger partial charge in [0.25, 0.3) is 0 Å². The lowest BCUT2D eigenvalue weighted by atomic mass is 10.1. The van der Waals surface area contributed by atoms with Crippen LogP contribution in [0.4, 0.5) is 34.1 Å². The van der Waals surface area contributed by atoms with E-state index in [4.69, 9.17) is 0 Å². The van der Waals surface area contributed by atoms with Gasteiger partial charge in [0.1, 0.15) is 6.29 Å². The third-order valence-electron chi connectivity index (χ3n) is 7.47. The Morgan fingerprint density at radius 1 is 0.341 bits per heavy atom. The van der Waals surface area contributed by atoms with Crippen molar-refractivity contribution in [2.45, 2.75) is 27.7 Å². The molecule has 0 aromatic heterocycles. The largest absolute Gasteiger partial charge is 0.311 e. The fourth-order valence-corrected chi connectivity index (χ4v) is 4.95. The van der Waals surface area contributed by atoms with Gasteiger partial charge in [-0.2, -0.15) is 0 Å². The van der Waals surface area contributed by atoms with E-state index in [2.05, 4.69) is 159 Å². The number of rotatable bonds is 7. The number of para-hydroxylation sites is 1. The van der Waals surface area contributed by atoms with Crippen LogP contribution in [-0.4, -0.2) is 6.29 Å². The topological polar surface area (TPSA) is 23.6 Å². The van der Waals surface area contributed by atoms with Gasteiger partial charge in [0.15, 0.2) is 0 Å². The zero-order chi connectivity index (χ0) is 30.9. The van der Waals surface area contributed by atoms with Crippen molar-refractivity contribution in [1.29, 1.82) is 0 Å². The highest BCUT2D eigenvalue weighted by Crippen LogP contribution is 2.35. The van der Waals surface area contributed by atoms with E-state index in [0.717, 1.165) is 23.3 Å². The third-order valence-corrected chi connectivity index (χ3v) is 7.47. The number of anilines is 6. The van der Waals surface area contributed by atoms with Crippen LogP contribution in [0.2, 0.25) is 0 Å². The molecule has 6 aromatic carbocycles. The summed E-state index contributed by atoms with van der Waals surface area (Å²) in [6.07, 6.45) is 0.867. The van der Waals surface area contributed by atoms with E-state index in [-0.39, 0.29) is 0 Å². The second-order valence-corrected chi connectivity index (χ2v) is 11.1. The molecule has 6 rings (SSSR count). The number of carbonyl (C=O) groups excluding carboxylic acids is 1. The Morgan fingerprint density at radius 3 is 0.864 bits per heavy atom. The van der Waals surface area contributed by atoms with Gasteiger partial charge >= 0.3 is 0 Å². The van der Waals surface area contributed by atoms with Crippen molar-refractivity contribution < 1.29 is 4.79 Å². The molecule has 3 heteroatoms. The molecule has 0 bridgehead atoms. The van der Waals surface area contributed by atoms with Crippen LogP contribution in [0.5, 0.6) is 0 Å². The Hall–Kier alpha value is -5.41. The molecule has 3 nitrogen and oxygen atoms in total. The molecule has 0 unspecified atom stereocenters. The van der Waals surface area contributed by atoms with Crippen molar-refractivity contribution >= 4 is 40.4 Å². The fourth-order valence-electron chi connectivity index (χ4n) is 4.95. The van der Waals surface area contributed by atoms with Crippen molar-refractivity contribution in [1.82, 2.24) is 0 Å². The number of aldehydes is 1. The molecule has 6 aromatic rings. The summed E-state index contributed by atoms with van der Waals surface area (Å²) in [5, 5.41) is 0. The zero-order valence-corrected chi connectivity index (χ0v) is 25.8. The molecule has 0 heterocycles. The summed E-state index contributed by atoms with van der Waals surface area (Å²) in [6.45, 7) is 8.39. The van der Waals surface area contributed by atoms with Crippen LogP contribution >= 0.6 is 0 Å². The number of hydrogen-bond acceptors (Lipinski definition) is 3. The molecule has 0 aliphatic carbocycles. The van der Waals surface area contributed by atoms with E-state index in [1.165, 1.54) is 39.3 Å². The molecular formula is C41H38N2O. The smallest absolute Gasteiger partial charge is 0.150 e. The van der Waals surface area contributed by atoms with Crippen molar-refractivity contribution in [2.24, 2.45) is 0 Å². The highest BCUT2D eigenvalue weighted by Gasteiger charge is 2.13. The Bertz CT molecular complexity index is 1670. The van der Waals surface area contributed by atoms with Gasteiger partial charge in [-0.05, 0) is 113 Å². The molecule has 0 spiro atoms. The summed E-state index contributed by atoms with van der Waals surface area (Å²) in [5.74, 6) is 0. The maximum Gasteiger partial charge on any atom is 0.150 e. The molecule has 0 aliphatic rings. The standard InChI is InChI=1S/C21H19NO.C20H19N/c1-16-3-9-19(10-4-16)22(20-11-5-17(2)6-12-20)21-13-7-18(15-23)8-14-21;1-16-8-12-19(13-9-16)21(18-6-4-3-5-7-18)20-14-10-17(2)11-15-20/h3-15H,1-2H3;3-15H,1-2H3. The van der Waals surface area contributed by atoms with Gasteiger partial charge in [-0.25, -0.2) is 0 Å². The average molecular weight is 575 g/mol. The predicted molar refractivity (Wildman–Crippen MR) is 187 cm³/mol. The molecule has 218 valence electrons. The Balaban J connectivity index is 0.000000175. The summed E-state index contributed by atoms with van der Waals surface area (Å²) in [4.78, 5) is 15.4. The van der Waals surface area contributed by atoms with Crippen molar-refractivity contribution in [3.05, 3.63) is 179 Å². The van der Waals surface area contributed by atoms with Crippen molar-refractivity contribution in [3.63, 3.8) is 0 Å². The van der Waals surface area contributed by atoms with Crippen molar-refractivity contribution in [3.8, 4) is 0 Å². The summed E-state index contributed by atoms with van der Waals surface area (Å²) in [6, 6.07) is 52.3. The van der Waals surface area contributed by atoms with E-state index in [0.29, 0.717) is 5.56 Å². The van der Waals surface area contributed by atoms with E-state index in [1.807, 2.05) is 30.3 Å². The number of carbonyl (C=O) groups is 1. The monoisotopic (exact) mass is 574 g/mol. The van der Waals surface area contributed by atoms with E-state index < -0.39 is 0 Å². The van der Waals surface area contributed by atoms with Crippen LogP contribution in [0, 0.1) is 27.7 Å². The molecule has 0 aliphatic heterocycles. The van der Waals surface area contributed by atoms with E-state index in [1.54, 1.807) is 0 Å². The minimum atomic E-state index is 0.682. The summed E-state index contributed by atoms with van der Waals surface area (Å²) < 4.78 is 0. The Labute approximate surface area is 261 Å². The zero-order valence-electron chi connectivity index (χ0n) is 25.8. The van der Waals surface area contributed by atoms with Crippen LogP contribution in [0.1, 0.15) is 32.6 Å². The predicted octanol–water partition coefficient (Wildman–Crippen LogP) is 11.4. The van der Waals surface area contributed by atoms with Gasteiger partial charge in [-0.3, -0.25) is 4.79 Å². The first-order valence-corrected chi connectivity index (χ1v) is 14.9. The van der Waals surface area contributed by atoms with Gasteiger partial charge < -0.3 is 9.80 Å². The van der Waals surface area contributed by atoms with Crippen molar-refractivity contribution in [2.75, 3.05) is 9.80 Å². The van der Waals surface area contributed by atoms with E-state index >= 15 is 0 Å². The van der Waals surface area contributed by atoms with E-state index in [9.17, 15) is 4.79 Å². The second-order valence-electron chi connectivity index (χ2n) is 11.1. The van der Waals surface area contributed by atoms with Crippen LogP contribution in [0.25, 0.3) is 0 Å².